The number of nitrogens with two attached hydrogens (primary N) is 1. The summed E-state index contributed by atoms with van der Waals surface area (Å²) in [6, 6.07) is 1.64. The van der Waals surface area contributed by atoms with Crippen molar-refractivity contribution in [2.75, 3.05) is 12.3 Å². The van der Waals surface area contributed by atoms with Crippen LogP contribution in [0.25, 0.3) is 11.2 Å². The van der Waals surface area contributed by atoms with Crippen LogP contribution < -0.4 is 5.73 Å². The van der Waals surface area contributed by atoms with Gasteiger partial charge in [0.15, 0.2) is 17.5 Å². The number of aliphatic hydroxyl groups is 1. The van der Waals surface area contributed by atoms with Crippen molar-refractivity contribution in [3.05, 3.63) is 18.6 Å². The van der Waals surface area contributed by atoms with E-state index in [4.69, 9.17) is 15.6 Å². The number of pyridine rings is 1. The van der Waals surface area contributed by atoms with Crippen molar-refractivity contribution < 1.29 is 14.2 Å². The van der Waals surface area contributed by atoms with Crippen LogP contribution in [0.3, 0.4) is 0 Å². The molecule has 19 heavy (non-hydrogen) atoms. The van der Waals surface area contributed by atoms with Crippen LogP contribution in [0.5, 0.6) is 0 Å². The molecule has 0 spiro atoms. The van der Waals surface area contributed by atoms with E-state index in [0.29, 0.717) is 16.9 Å². The molecule has 102 valence electrons. The number of rotatable bonds is 2. The highest BCUT2D eigenvalue weighted by atomic mass is 19.1. The third-order valence-corrected chi connectivity index (χ3v) is 3.41. The van der Waals surface area contributed by atoms with Crippen molar-refractivity contribution in [2.45, 2.75) is 31.3 Å². The van der Waals surface area contributed by atoms with Gasteiger partial charge in [0.2, 0.25) is 0 Å². The van der Waals surface area contributed by atoms with Gasteiger partial charge in [-0.3, -0.25) is 4.57 Å². The second-order valence-electron chi connectivity index (χ2n) is 5.00. The molecule has 0 saturated carbocycles. The topological polar surface area (TPSA) is 86.2 Å². The van der Waals surface area contributed by atoms with Crippen molar-refractivity contribution in [2.24, 2.45) is 0 Å². The Bertz CT molecular complexity index is 613. The van der Waals surface area contributed by atoms with Crippen LogP contribution in [-0.4, -0.2) is 38.0 Å². The summed E-state index contributed by atoms with van der Waals surface area (Å²) in [5.74, 6) is 0. The predicted octanol–water partition coefficient (Wildman–Crippen LogP) is 1.02. The summed E-state index contributed by atoms with van der Waals surface area (Å²) >= 11 is 0. The largest absolute Gasteiger partial charge is 0.397 e. The van der Waals surface area contributed by atoms with E-state index in [1.807, 2.05) is 0 Å². The second kappa shape index (κ2) is 4.14. The van der Waals surface area contributed by atoms with Gasteiger partial charge in [-0.25, -0.2) is 14.4 Å². The minimum absolute atomic E-state index is 0.135. The number of fused-ring (bicyclic) bond motifs is 1. The third-order valence-electron chi connectivity index (χ3n) is 3.41. The molecule has 1 aliphatic rings. The maximum absolute atomic E-state index is 14.6. The van der Waals surface area contributed by atoms with E-state index in [-0.39, 0.29) is 13.0 Å². The van der Waals surface area contributed by atoms with E-state index in [0.717, 1.165) is 0 Å². The van der Waals surface area contributed by atoms with Crippen LogP contribution in [0.4, 0.5) is 10.1 Å². The van der Waals surface area contributed by atoms with Gasteiger partial charge in [-0.2, -0.15) is 0 Å². The second-order valence-corrected chi connectivity index (χ2v) is 5.00. The zero-order valence-electron chi connectivity index (χ0n) is 10.5. The standard InChI is InChI=1S/C12H15FN4O2/c1-12(13)4-7(5-18)19-11(12)17-6-16-9-8(14)2-3-15-10(9)17/h2-3,6-7,11,18H,4-5H2,1H3,(H2,14,15)/t7-,11+,12+/m0/s1. The van der Waals surface area contributed by atoms with E-state index in [1.165, 1.54) is 17.8 Å². The molecule has 1 fully saturated rings. The Morgan fingerprint density at radius 1 is 1.63 bits per heavy atom. The highest BCUT2D eigenvalue weighted by Gasteiger charge is 2.47. The first-order chi connectivity index (χ1) is 9.03. The minimum atomic E-state index is -1.59. The van der Waals surface area contributed by atoms with Gasteiger partial charge in [0.1, 0.15) is 5.52 Å². The van der Waals surface area contributed by atoms with E-state index in [9.17, 15) is 4.39 Å². The number of hydrogen-bond acceptors (Lipinski definition) is 5. The lowest BCUT2D eigenvalue weighted by atomic mass is 10.0. The predicted molar refractivity (Wildman–Crippen MR) is 67.1 cm³/mol. The minimum Gasteiger partial charge on any atom is -0.397 e. The average molecular weight is 266 g/mol. The van der Waals surface area contributed by atoms with Crippen LogP contribution in [0.1, 0.15) is 19.6 Å². The number of imidazole rings is 1. The number of nitrogen functional groups attached to an aromatic ring is 1. The van der Waals surface area contributed by atoms with Crippen LogP contribution in [-0.2, 0) is 4.74 Å². The van der Waals surface area contributed by atoms with Gasteiger partial charge < -0.3 is 15.6 Å². The maximum Gasteiger partial charge on any atom is 0.170 e. The van der Waals surface area contributed by atoms with E-state index in [2.05, 4.69) is 9.97 Å². The highest BCUT2D eigenvalue weighted by Crippen LogP contribution is 2.41. The molecule has 2 aromatic rings. The number of alkyl halides is 1. The molecule has 3 atom stereocenters. The summed E-state index contributed by atoms with van der Waals surface area (Å²) < 4.78 is 21.6. The fourth-order valence-corrected chi connectivity index (χ4v) is 2.51. The monoisotopic (exact) mass is 266 g/mol. The fourth-order valence-electron chi connectivity index (χ4n) is 2.51. The summed E-state index contributed by atoms with van der Waals surface area (Å²) in [4.78, 5) is 8.32. The number of aromatic nitrogens is 3. The summed E-state index contributed by atoms with van der Waals surface area (Å²) in [6.45, 7) is 1.24. The number of aliphatic hydroxyl groups excluding tert-OH is 1. The smallest absolute Gasteiger partial charge is 0.170 e. The SMILES string of the molecule is C[C@@]1(F)C[C@@H](CO)O[C@H]1n1cnc2c(N)ccnc21. The van der Waals surface area contributed by atoms with Crippen LogP contribution >= 0.6 is 0 Å². The van der Waals surface area contributed by atoms with E-state index in [1.54, 1.807) is 12.3 Å². The Morgan fingerprint density at radius 2 is 2.42 bits per heavy atom. The van der Waals surface area contributed by atoms with Crippen molar-refractivity contribution in [3.8, 4) is 0 Å². The molecule has 7 heteroatoms. The molecule has 0 bridgehead atoms. The van der Waals surface area contributed by atoms with E-state index < -0.39 is 18.0 Å². The molecule has 3 rings (SSSR count). The summed E-state index contributed by atoms with van der Waals surface area (Å²) in [7, 11) is 0. The average Bonchev–Trinajstić information content (AvgIpc) is 2.90. The van der Waals surface area contributed by atoms with Crippen molar-refractivity contribution in [3.63, 3.8) is 0 Å². The Balaban J connectivity index is 2.07. The van der Waals surface area contributed by atoms with Crippen molar-refractivity contribution in [1.82, 2.24) is 14.5 Å². The third kappa shape index (κ3) is 1.85. The number of ether oxygens (including phenoxy) is 1. The number of hydrogen-bond donors (Lipinski definition) is 2. The lowest BCUT2D eigenvalue weighted by molar-refractivity contribution is -0.0565. The molecule has 3 heterocycles. The first kappa shape index (κ1) is 12.3. The van der Waals surface area contributed by atoms with Gasteiger partial charge >= 0.3 is 0 Å². The lowest BCUT2D eigenvalue weighted by Crippen LogP contribution is -2.27. The van der Waals surface area contributed by atoms with Crippen LogP contribution in [0, 0.1) is 0 Å². The van der Waals surface area contributed by atoms with Gasteiger partial charge in [-0.05, 0) is 13.0 Å². The molecule has 2 aromatic heterocycles. The molecular weight excluding hydrogens is 251 g/mol. The van der Waals surface area contributed by atoms with Gasteiger partial charge in [-0.1, -0.05) is 0 Å². The molecule has 0 radical (unpaired) electrons. The number of halogens is 1. The molecule has 3 N–H and O–H groups in total. The first-order valence-electron chi connectivity index (χ1n) is 6.05. The Labute approximate surface area is 109 Å². The zero-order chi connectivity index (χ0) is 13.6. The van der Waals surface area contributed by atoms with E-state index >= 15 is 0 Å². The van der Waals surface area contributed by atoms with Crippen LogP contribution in [0.2, 0.25) is 0 Å². The molecule has 0 aromatic carbocycles. The van der Waals surface area contributed by atoms with Gasteiger partial charge in [-0.15, -0.1) is 0 Å². The Morgan fingerprint density at radius 3 is 3.11 bits per heavy atom. The van der Waals surface area contributed by atoms with Crippen molar-refractivity contribution in [1.29, 1.82) is 0 Å². The van der Waals surface area contributed by atoms with Crippen LogP contribution in [0.15, 0.2) is 18.6 Å². The fraction of sp³-hybridized carbons (Fsp3) is 0.500. The molecule has 0 aliphatic carbocycles. The van der Waals surface area contributed by atoms with Crippen molar-refractivity contribution >= 4 is 16.9 Å². The number of anilines is 1. The lowest BCUT2D eigenvalue weighted by Gasteiger charge is -2.22. The van der Waals surface area contributed by atoms with Gasteiger partial charge in [0, 0.05) is 12.6 Å². The summed E-state index contributed by atoms with van der Waals surface area (Å²) in [6.07, 6.45) is 1.78. The summed E-state index contributed by atoms with van der Waals surface area (Å²) in [5.41, 5.74) is 5.70. The maximum atomic E-state index is 14.6. The van der Waals surface area contributed by atoms with Gasteiger partial charge in [0.05, 0.1) is 24.7 Å². The molecule has 0 amide bonds. The number of nitrogens with zero attached hydrogens (tertiary/aromatic N) is 3. The highest BCUT2D eigenvalue weighted by molar-refractivity contribution is 5.83. The molecule has 6 nitrogen and oxygen atoms in total. The summed E-state index contributed by atoms with van der Waals surface area (Å²) in [5, 5.41) is 9.12. The Kier molecular flexibility index (Phi) is 2.68. The molecule has 0 unspecified atom stereocenters. The quantitative estimate of drug-likeness (QED) is 0.847. The first-order valence-corrected chi connectivity index (χ1v) is 6.05. The molecule has 1 aliphatic heterocycles. The molecular formula is C12H15FN4O2. The zero-order valence-corrected chi connectivity index (χ0v) is 10.5. The van der Waals surface area contributed by atoms with Gasteiger partial charge in [0.25, 0.3) is 0 Å². The Hall–Kier alpha value is -1.73. The normalized spacial score (nSPS) is 31.1. The molecule has 1 saturated heterocycles.